The standard InChI is InChI=1S/C19H18N4O3S/c24-19(17-11-13-5-1-2-8-16(13)22-17)21-14-6-3-7-15(12-14)27(25,26)23-18-9-4-10-20-18/h1-3,5-8,11-12,22H,4,9-10H2,(H,20,23)(H,21,24). The summed E-state index contributed by atoms with van der Waals surface area (Å²) in [5, 5.41) is 3.66. The van der Waals surface area contributed by atoms with Crippen molar-refractivity contribution in [3.63, 3.8) is 0 Å². The van der Waals surface area contributed by atoms with E-state index in [0.29, 0.717) is 30.2 Å². The van der Waals surface area contributed by atoms with Crippen LogP contribution in [0, 0.1) is 0 Å². The summed E-state index contributed by atoms with van der Waals surface area (Å²) < 4.78 is 27.5. The van der Waals surface area contributed by atoms with Gasteiger partial charge in [0.15, 0.2) is 0 Å². The first kappa shape index (κ1) is 17.3. The molecule has 0 aliphatic carbocycles. The fourth-order valence-corrected chi connectivity index (χ4v) is 4.11. The molecule has 3 N–H and O–H groups in total. The summed E-state index contributed by atoms with van der Waals surface area (Å²) in [6.45, 7) is 0.637. The molecular formula is C19H18N4O3S. The smallest absolute Gasteiger partial charge is 0.272 e. The Labute approximate surface area is 156 Å². The number of aliphatic imine (C=N–C) groups is 1. The maximum absolute atomic E-state index is 12.5. The molecule has 0 unspecified atom stereocenters. The zero-order chi connectivity index (χ0) is 18.9. The molecule has 0 radical (unpaired) electrons. The molecule has 0 saturated heterocycles. The largest absolute Gasteiger partial charge is 0.351 e. The third kappa shape index (κ3) is 3.70. The minimum absolute atomic E-state index is 0.0755. The van der Waals surface area contributed by atoms with E-state index in [1.54, 1.807) is 18.2 Å². The number of aromatic nitrogens is 1. The van der Waals surface area contributed by atoms with Crippen molar-refractivity contribution in [2.24, 2.45) is 4.99 Å². The average Bonchev–Trinajstić information content (AvgIpc) is 3.31. The van der Waals surface area contributed by atoms with E-state index in [2.05, 4.69) is 20.0 Å². The van der Waals surface area contributed by atoms with E-state index in [1.165, 1.54) is 12.1 Å². The molecule has 8 heteroatoms. The number of carbonyl (C=O) groups is 1. The van der Waals surface area contributed by atoms with Crippen molar-refractivity contribution in [3.8, 4) is 0 Å². The average molecular weight is 382 g/mol. The first-order valence-corrected chi connectivity index (χ1v) is 10.0. The van der Waals surface area contributed by atoms with Gasteiger partial charge in [-0.1, -0.05) is 24.3 Å². The highest BCUT2D eigenvalue weighted by Crippen LogP contribution is 2.19. The van der Waals surface area contributed by atoms with Crippen molar-refractivity contribution in [1.29, 1.82) is 0 Å². The van der Waals surface area contributed by atoms with Gasteiger partial charge in [0.1, 0.15) is 11.5 Å². The fraction of sp³-hybridized carbons (Fsp3) is 0.158. The summed E-state index contributed by atoms with van der Waals surface area (Å²) in [6, 6.07) is 15.5. The number of hydrogen-bond donors (Lipinski definition) is 3. The van der Waals surface area contributed by atoms with Crippen molar-refractivity contribution in [2.75, 3.05) is 11.9 Å². The second kappa shape index (κ2) is 6.88. The molecule has 1 aliphatic heterocycles. The molecule has 0 spiro atoms. The molecule has 0 atom stereocenters. The Kier molecular flexibility index (Phi) is 4.41. The monoisotopic (exact) mass is 382 g/mol. The van der Waals surface area contributed by atoms with Crippen molar-refractivity contribution in [2.45, 2.75) is 17.7 Å². The van der Waals surface area contributed by atoms with E-state index in [1.807, 2.05) is 24.3 Å². The van der Waals surface area contributed by atoms with Gasteiger partial charge in [0, 0.05) is 29.6 Å². The molecule has 27 heavy (non-hydrogen) atoms. The number of carbonyl (C=O) groups excluding carboxylic acids is 1. The summed E-state index contributed by atoms with van der Waals surface area (Å²) in [4.78, 5) is 19.8. The topological polar surface area (TPSA) is 103 Å². The summed E-state index contributed by atoms with van der Waals surface area (Å²) >= 11 is 0. The van der Waals surface area contributed by atoms with Crippen LogP contribution in [0.5, 0.6) is 0 Å². The van der Waals surface area contributed by atoms with Gasteiger partial charge in [0.05, 0.1) is 4.90 Å². The Hall–Kier alpha value is -3.13. The minimum atomic E-state index is -3.73. The van der Waals surface area contributed by atoms with Crippen LogP contribution in [0.1, 0.15) is 23.3 Å². The molecule has 2 aromatic carbocycles. The first-order chi connectivity index (χ1) is 13.0. The van der Waals surface area contributed by atoms with E-state index in [4.69, 9.17) is 0 Å². The number of anilines is 1. The van der Waals surface area contributed by atoms with E-state index in [0.717, 1.165) is 17.3 Å². The van der Waals surface area contributed by atoms with Gasteiger partial charge in [-0.05, 0) is 36.8 Å². The van der Waals surface area contributed by atoms with Crippen LogP contribution in [0.3, 0.4) is 0 Å². The number of amidine groups is 1. The molecule has 3 aromatic rings. The van der Waals surface area contributed by atoms with Crippen molar-refractivity contribution < 1.29 is 13.2 Å². The van der Waals surface area contributed by atoms with Gasteiger partial charge < -0.3 is 10.3 Å². The molecule has 0 bridgehead atoms. The third-order valence-electron chi connectivity index (χ3n) is 4.30. The molecule has 0 fully saturated rings. The molecular weight excluding hydrogens is 364 g/mol. The molecule has 138 valence electrons. The Morgan fingerprint density at radius 1 is 1.07 bits per heavy atom. The molecule has 1 aromatic heterocycles. The van der Waals surface area contributed by atoms with Gasteiger partial charge in [-0.2, -0.15) is 0 Å². The van der Waals surface area contributed by atoms with Crippen molar-refractivity contribution in [1.82, 2.24) is 9.71 Å². The molecule has 1 amide bonds. The molecule has 2 heterocycles. The zero-order valence-electron chi connectivity index (χ0n) is 14.4. The number of H-pyrrole nitrogens is 1. The Morgan fingerprint density at radius 2 is 1.93 bits per heavy atom. The lowest BCUT2D eigenvalue weighted by molar-refractivity contribution is 0.102. The van der Waals surface area contributed by atoms with Crippen molar-refractivity contribution in [3.05, 3.63) is 60.3 Å². The molecule has 1 aliphatic rings. The maximum atomic E-state index is 12.5. The summed E-state index contributed by atoms with van der Waals surface area (Å²) in [5.74, 6) is 0.136. The van der Waals surface area contributed by atoms with Crippen LogP contribution in [-0.4, -0.2) is 31.7 Å². The fourth-order valence-electron chi connectivity index (χ4n) is 2.97. The van der Waals surface area contributed by atoms with E-state index in [-0.39, 0.29) is 10.8 Å². The van der Waals surface area contributed by atoms with Crippen LogP contribution in [0.4, 0.5) is 5.69 Å². The highest BCUT2D eigenvalue weighted by atomic mass is 32.2. The van der Waals surface area contributed by atoms with Gasteiger partial charge in [0.25, 0.3) is 15.9 Å². The van der Waals surface area contributed by atoms with Gasteiger partial charge >= 0.3 is 0 Å². The number of nitrogens with zero attached hydrogens (tertiary/aromatic N) is 1. The normalized spacial score (nSPS) is 14.1. The molecule has 4 rings (SSSR count). The first-order valence-electron chi connectivity index (χ1n) is 8.57. The number of amides is 1. The van der Waals surface area contributed by atoms with E-state index in [9.17, 15) is 13.2 Å². The Bertz CT molecular complexity index is 1120. The highest BCUT2D eigenvalue weighted by molar-refractivity contribution is 7.90. The number of sulfonamides is 1. The van der Waals surface area contributed by atoms with E-state index < -0.39 is 10.0 Å². The number of aromatic amines is 1. The minimum Gasteiger partial charge on any atom is -0.351 e. The predicted octanol–water partition coefficient (Wildman–Crippen LogP) is 2.89. The van der Waals surface area contributed by atoms with Gasteiger partial charge in [-0.15, -0.1) is 0 Å². The quantitative estimate of drug-likeness (QED) is 0.646. The number of benzene rings is 2. The lowest BCUT2D eigenvalue weighted by Crippen LogP contribution is -2.29. The van der Waals surface area contributed by atoms with Crippen LogP contribution in [-0.2, 0) is 10.0 Å². The lowest BCUT2D eigenvalue weighted by atomic mass is 10.2. The Morgan fingerprint density at radius 3 is 2.70 bits per heavy atom. The summed E-state index contributed by atoms with van der Waals surface area (Å²) in [6.07, 6.45) is 1.47. The molecule has 0 saturated carbocycles. The van der Waals surface area contributed by atoms with Crippen LogP contribution in [0.15, 0.2) is 64.5 Å². The number of para-hydroxylation sites is 1. The Balaban J connectivity index is 1.54. The predicted molar refractivity (Wildman–Crippen MR) is 105 cm³/mol. The van der Waals surface area contributed by atoms with Gasteiger partial charge in [-0.3, -0.25) is 14.5 Å². The highest BCUT2D eigenvalue weighted by Gasteiger charge is 2.19. The van der Waals surface area contributed by atoms with Gasteiger partial charge in [0.2, 0.25) is 0 Å². The second-order valence-corrected chi connectivity index (χ2v) is 7.97. The summed E-state index contributed by atoms with van der Waals surface area (Å²) in [7, 11) is -3.73. The SMILES string of the molecule is O=C(Nc1cccc(S(=O)(=O)NC2=NCCC2)c1)c1cc2ccccc2[nH]1. The number of fused-ring (bicyclic) bond motifs is 1. The van der Waals surface area contributed by atoms with Crippen LogP contribution in [0.2, 0.25) is 0 Å². The van der Waals surface area contributed by atoms with E-state index >= 15 is 0 Å². The van der Waals surface area contributed by atoms with Crippen molar-refractivity contribution >= 4 is 38.4 Å². The van der Waals surface area contributed by atoms with Crippen LogP contribution in [0.25, 0.3) is 10.9 Å². The zero-order valence-corrected chi connectivity index (χ0v) is 15.2. The molecule has 7 nitrogen and oxygen atoms in total. The lowest BCUT2D eigenvalue weighted by Gasteiger charge is -2.09. The van der Waals surface area contributed by atoms with Crippen LogP contribution >= 0.6 is 0 Å². The van der Waals surface area contributed by atoms with Gasteiger partial charge in [-0.25, -0.2) is 8.42 Å². The van der Waals surface area contributed by atoms with Crippen LogP contribution < -0.4 is 10.0 Å². The summed E-state index contributed by atoms with van der Waals surface area (Å²) in [5.41, 5.74) is 1.67. The number of rotatable bonds is 4. The second-order valence-electron chi connectivity index (χ2n) is 6.29. The third-order valence-corrected chi connectivity index (χ3v) is 5.68. The maximum Gasteiger partial charge on any atom is 0.272 e. The number of nitrogens with one attached hydrogen (secondary N) is 3. The number of hydrogen-bond acceptors (Lipinski definition) is 4.